The van der Waals surface area contributed by atoms with Crippen molar-refractivity contribution >= 4 is 40.1 Å². The summed E-state index contributed by atoms with van der Waals surface area (Å²) in [6.45, 7) is 6.36. The molecule has 0 bridgehead atoms. The molecule has 0 saturated carbocycles. The molecule has 0 atom stereocenters. The Kier molecular flexibility index (Phi) is 6.94. The second kappa shape index (κ2) is 9.61. The second-order valence-electron chi connectivity index (χ2n) is 5.76. The molecule has 0 aliphatic rings. The van der Waals surface area contributed by atoms with Gasteiger partial charge < -0.3 is 14.6 Å². The summed E-state index contributed by atoms with van der Waals surface area (Å²) in [4.78, 5) is 33.1. The smallest absolute Gasteiger partial charge is 0.350 e. The predicted octanol–water partition coefficient (Wildman–Crippen LogP) is 3.03. The number of thiazole rings is 1. The molecule has 3 heterocycles. The Bertz CT molecular complexity index is 1000. The summed E-state index contributed by atoms with van der Waals surface area (Å²) in [6, 6.07) is 5.59. The van der Waals surface area contributed by atoms with Crippen molar-refractivity contribution in [3.8, 4) is 11.5 Å². The SMILES string of the molecule is CCOC(=O)c1sc(NC(=O)CSc2nnc(-c3ccccn3)n2CC)nc1C. The third kappa shape index (κ3) is 4.98. The fraction of sp³-hybridized carbons (Fsp3) is 0.333. The van der Waals surface area contributed by atoms with Gasteiger partial charge in [0.15, 0.2) is 16.1 Å². The van der Waals surface area contributed by atoms with E-state index < -0.39 is 5.97 Å². The summed E-state index contributed by atoms with van der Waals surface area (Å²) < 4.78 is 6.90. The highest BCUT2D eigenvalue weighted by Gasteiger charge is 2.19. The minimum Gasteiger partial charge on any atom is -0.462 e. The Morgan fingerprint density at radius 1 is 1.28 bits per heavy atom. The first kappa shape index (κ1) is 20.9. The van der Waals surface area contributed by atoms with Crippen LogP contribution in [0.5, 0.6) is 0 Å². The molecule has 0 fully saturated rings. The number of ether oxygens (including phenoxy) is 1. The van der Waals surface area contributed by atoms with Crippen molar-refractivity contribution in [2.24, 2.45) is 0 Å². The molecule has 3 aromatic heterocycles. The number of esters is 1. The molecule has 3 aromatic rings. The zero-order valence-electron chi connectivity index (χ0n) is 16.2. The number of hydrogen-bond donors (Lipinski definition) is 1. The molecule has 0 spiro atoms. The van der Waals surface area contributed by atoms with Crippen LogP contribution in [0, 0.1) is 6.92 Å². The highest BCUT2D eigenvalue weighted by molar-refractivity contribution is 7.99. The molecule has 29 heavy (non-hydrogen) atoms. The average molecular weight is 433 g/mol. The largest absolute Gasteiger partial charge is 0.462 e. The van der Waals surface area contributed by atoms with Crippen molar-refractivity contribution in [3.63, 3.8) is 0 Å². The molecule has 0 unspecified atom stereocenters. The first-order valence-electron chi connectivity index (χ1n) is 8.95. The van der Waals surface area contributed by atoms with Crippen molar-refractivity contribution in [3.05, 3.63) is 35.0 Å². The average Bonchev–Trinajstić information content (AvgIpc) is 3.30. The zero-order valence-corrected chi connectivity index (χ0v) is 17.8. The number of pyridine rings is 1. The number of hydrogen-bond acceptors (Lipinski definition) is 9. The Balaban J connectivity index is 1.64. The molecule has 0 radical (unpaired) electrons. The van der Waals surface area contributed by atoms with Gasteiger partial charge in [0.2, 0.25) is 5.91 Å². The summed E-state index contributed by atoms with van der Waals surface area (Å²) in [5.41, 5.74) is 1.25. The van der Waals surface area contributed by atoms with E-state index in [-0.39, 0.29) is 18.3 Å². The second-order valence-corrected chi connectivity index (χ2v) is 7.70. The molecule has 0 saturated heterocycles. The van der Waals surface area contributed by atoms with Gasteiger partial charge in [-0.1, -0.05) is 29.2 Å². The normalized spacial score (nSPS) is 10.7. The van der Waals surface area contributed by atoms with E-state index in [2.05, 4.69) is 25.5 Å². The van der Waals surface area contributed by atoms with Crippen LogP contribution in [0.2, 0.25) is 0 Å². The van der Waals surface area contributed by atoms with Crippen LogP contribution in [0.4, 0.5) is 5.13 Å². The highest BCUT2D eigenvalue weighted by atomic mass is 32.2. The standard InChI is InChI=1S/C18H20N6O3S2/c1-4-24-15(12-8-6-7-9-19-12)22-23-18(24)28-10-13(25)21-17-20-11(3)14(29-17)16(26)27-5-2/h6-9H,4-5,10H2,1-3H3,(H,20,21,25). The molecule has 0 aliphatic carbocycles. The third-order valence-electron chi connectivity index (χ3n) is 3.76. The molecule has 0 aliphatic heterocycles. The van der Waals surface area contributed by atoms with E-state index in [1.807, 2.05) is 29.7 Å². The number of thioether (sulfide) groups is 1. The maximum absolute atomic E-state index is 12.3. The first-order chi connectivity index (χ1) is 14.0. The van der Waals surface area contributed by atoms with Gasteiger partial charge in [-0.2, -0.15) is 0 Å². The number of amides is 1. The molecule has 1 N–H and O–H groups in total. The molecular formula is C18H20N6O3S2. The van der Waals surface area contributed by atoms with Crippen LogP contribution >= 0.6 is 23.1 Å². The van der Waals surface area contributed by atoms with E-state index in [0.717, 1.165) is 17.0 Å². The number of carbonyl (C=O) groups is 2. The van der Waals surface area contributed by atoms with Crippen molar-refractivity contribution in [2.45, 2.75) is 32.5 Å². The van der Waals surface area contributed by atoms with E-state index in [1.165, 1.54) is 11.8 Å². The molecule has 1 amide bonds. The predicted molar refractivity (Wildman–Crippen MR) is 111 cm³/mol. The number of anilines is 1. The van der Waals surface area contributed by atoms with Gasteiger partial charge in [-0.3, -0.25) is 9.78 Å². The first-order valence-corrected chi connectivity index (χ1v) is 10.8. The Morgan fingerprint density at radius 3 is 2.79 bits per heavy atom. The van der Waals surface area contributed by atoms with E-state index in [9.17, 15) is 9.59 Å². The lowest BCUT2D eigenvalue weighted by Crippen LogP contribution is -2.14. The monoisotopic (exact) mass is 432 g/mol. The number of nitrogens with one attached hydrogen (secondary N) is 1. The van der Waals surface area contributed by atoms with Gasteiger partial charge in [-0.05, 0) is 32.9 Å². The maximum atomic E-state index is 12.3. The van der Waals surface area contributed by atoms with Gasteiger partial charge in [0, 0.05) is 12.7 Å². The summed E-state index contributed by atoms with van der Waals surface area (Å²) in [7, 11) is 0. The Labute approximate surface area is 175 Å². The summed E-state index contributed by atoms with van der Waals surface area (Å²) >= 11 is 2.37. The molecule has 0 aromatic carbocycles. The number of aryl methyl sites for hydroxylation is 1. The van der Waals surface area contributed by atoms with E-state index in [0.29, 0.717) is 33.2 Å². The van der Waals surface area contributed by atoms with Gasteiger partial charge >= 0.3 is 5.97 Å². The van der Waals surface area contributed by atoms with E-state index >= 15 is 0 Å². The van der Waals surface area contributed by atoms with Gasteiger partial charge in [0.05, 0.1) is 18.1 Å². The van der Waals surface area contributed by atoms with Gasteiger partial charge in [0.25, 0.3) is 0 Å². The topological polar surface area (TPSA) is 112 Å². The van der Waals surface area contributed by atoms with Crippen LogP contribution in [0.1, 0.15) is 29.2 Å². The fourth-order valence-electron chi connectivity index (χ4n) is 2.49. The number of aromatic nitrogens is 5. The molecule has 9 nitrogen and oxygen atoms in total. The van der Waals surface area contributed by atoms with E-state index in [1.54, 1.807) is 20.0 Å². The number of nitrogens with zero attached hydrogens (tertiary/aromatic N) is 5. The quantitative estimate of drug-likeness (QED) is 0.427. The minimum absolute atomic E-state index is 0.133. The fourth-order valence-corrected chi connectivity index (χ4v) is 4.17. The summed E-state index contributed by atoms with van der Waals surface area (Å²) in [5.74, 6) is 0.110. The van der Waals surface area contributed by atoms with Crippen LogP contribution in [-0.2, 0) is 16.1 Å². The van der Waals surface area contributed by atoms with E-state index in [4.69, 9.17) is 4.74 Å². The zero-order chi connectivity index (χ0) is 20.8. The van der Waals surface area contributed by atoms with Gasteiger partial charge in [-0.25, -0.2) is 9.78 Å². The number of carbonyl (C=O) groups excluding carboxylic acids is 2. The van der Waals surface area contributed by atoms with Crippen molar-refractivity contribution in [1.82, 2.24) is 24.7 Å². The van der Waals surface area contributed by atoms with Crippen LogP contribution in [0.15, 0.2) is 29.6 Å². The number of rotatable bonds is 8. The Hall–Kier alpha value is -2.79. The maximum Gasteiger partial charge on any atom is 0.350 e. The van der Waals surface area contributed by atoms with Crippen molar-refractivity contribution < 1.29 is 14.3 Å². The van der Waals surface area contributed by atoms with Gasteiger partial charge in [0.1, 0.15) is 10.6 Å². The highest BCUT2D eigenvalue weighted by Crippen LogP contribution is 2.25. The molecule has 11 heteroatoms. The summed E-state index contributed by atoms with van der Waals surface area (Å²) in [5, 5.41) is 12.1. The minimum atomic E-state index is -0.435. The van der Waals surface area contributed by atoms with Crippen LogP contribution in [0.25, 0.3) is 11.5 Å². The lowest BCUT2D eigenvalue weighted by molar-refractivity contribution is -0.113. The Morgan fingerprint density at radius 2 is 2.10 bits per heavy atom. The van der Waals surface area contributed by atoms with Gasteiger partial charge in [-0.15, -0.1) is 10.2 Å². The van der Waals surface area contributed by atoms with Crippen LogP contribution in [-0.4, -0.2) is 49.0 Å². The lowest BCUT2D eigenvalue weighted by Gasteiger charge is -2.06. The third-order valence-corrected chi connectivity index (χ3v) is 5.78. The summed E-state index contributed by atoms with van der Waals surface area (Å²) in [6.07, 6.45) is 1.70. The van der Waals surface area contributed by atoms with Crippen LogP contribution in [0.3, 0.4) is 0 Å². The van der Waals surface area contributed by atoms with Crippen LogP contribution < -0.4 is 5.32 Å². The molecule has 3 rings (SSSR count). The molecule has 152 valence electrons. The van der Waals surface area contributed by atoms with Crippen molar-refractivity contribution in [2.75, 3.05) is 17.7 Å². The lowest BCUT2D eigenvalue weighted by atomic mass is 10.3. The van der Waals surface area contributed by atoms with Crippen molar-refractivity contribution in [1.29, 1.82) is 0 Å². The molecular weight excluding hydrogens is 412 g/mol.